The third-order valence-electron chi connectivity index (χ3n) is 3.19. The van der Waals surface area contributed by atoms with Crippen molar-refractivity contribution < 1.29 is 5.11 Å². The number of rotatable bonds is 6. The van der Waals surface area contributed by atoms with Crippen LogP contribution in [0.4, 0.5) is 0 Å². The van der Waals surface area contributed by atoms with Gasteiger partial charge in [-0.05, 0) is 30.2 Å². The van der Waals surface area contributed by atoms with E-state index in [0.717, 1.165) is 24.2 Å². The smallest absolute Gasteiger partial charge is 0.0681 e. The molecule has 0 aliphatic heterocycles. The quantitative estimate of drug-likeness (QED) is 0.834. The minimum atomic E-state index is 0.0918. The Balaban J connectivity index is 1.85. The van der Waals surface area contributed by atoms with Crippen LogP contribution in [0.3, 0.4) is 0 Å². The number of hydrogen-bond acceptors (Lipinski definition) is 3. The predicted molar refractivity (Wildman–Crippen MR) is 76.7 cm³/mol. The molecule has 0 saturated heterocycles. The summed E-state index contributed by atoms with van der Waals surface area (Å²) in [5.74, 6) is 0. The van der Waals surface area contributed by atoms with Gasteiger partial charge in [0.05, 0.1) is 6.61 Å². The number of pyridine rings is 1. The Labute approximate surface area is 114 Å². The normalized spacial score (nSPS) is 12.3. The van der Waals surface area contributed by atoms with Gasteiger partial charge < -0.3 is 10.4 Å². The molecular formula is C16H20N2O. The molecule has 3 nitrogen and oxygen atoms in total. The van der Waals surface area contributed by atoms with E-state index in [4.69, 9.17) is 5.11 Å². The Bertz CT molecular complexity index is 499. The third-order valence-corrected chi connectivity index (χ3v) is 3.19. The molecule has 19 heavy (non-hydrogen) atoms. The minimum Gasteiger partial charge on any atom is -0.392 e. The number of hydrogen-bond donors (Lipinski definition) is 2. The van der Waals surface area contributed by atoms with Gasteiger partial charge >= 0.3 is 0 Å². The second-order valence-corrected chi connectivity index (χ2v) is 4.65. The van der Waals surface area contributed by atoms with Crippen LogP contribution in [0.2, 0.25) is 0 Å². The molecule has 1 unspecified atom stereocenters. The molecule has 3 heteroatoms. The zero-order valence-electron chi connectivity index (χ0n) is 11.2. The lowest BCUT2D eigenvalue weighted by Crippen LogP contribution is -2.21. The summed E-state index contributed by atoms with van der Waals surface area (Å²) in [7, 11) is 0. The number of benzene rings is 1. The number of aromatic nitrogens is 1. The third kappa shape index (κ3) is 4.16. The van der Waals surface area contributed by atoms with Crippen LogP contribution in [0.5, 0.6) is 0 Å². The number of aliphatic hydroxyl groups excluding tert-OH is 1. The molecule has 2 aromatic rings. The van der Waals surface area contributed by atoms with Crippen molar-refractivity contribution in [2.24, 2.45) is 0 Å². The maximum atomic E-state index is 9.14. The van der Waals surface area contributed by atoms with Gasteiger partial charge in [0.15, 0.2) is 0 Å². The molecule has 0 radical (unpaired) electrons. The molecule has 1 heterocycles. The maximum Gasteiger partial charge on any atom is 0.0681 e. The molecule has 0 saturated carbocycles. The fourth-order valence-electron chi connectivity index (χ4n) is 2.04. The fourth-order valence-corrected chi connectivity index (χ4v) is 2.04. The lowest BCUT2D eigenvalue weighted by molar-refractivity contribution is 0.281. The van der Waals surface area contributed by atoms with Crippen LogP contribution in [0.1, 0.15) is 29.8 Å². The van der Waals surface area contributed by atoms with E-state index < -0.39 is 0 Å². The molecular weight excluding hydrogens is 236 g/mol. The van der Waals surface area contributed by atoms with Crippen molar-refractivity contribution in [2.45, 2.75) is 26.0 Å². The molecule has 100 valence electrons. The maximum absolute atomic E-state index is 9.14. The highest BCUT2D eigenvalue weighted by Crippen LogP contribution is 2.14. The Hall–Kier alpha value is -1.71. The molecule has 0 spiro atoms. The summed E-state index contributed by atoms with van der Waals surface area (Å²) in [6.45, 7) is 3.12. The first-order valence-corrected chi connectivity index (χ1v) is 6.62. The highest BCUT2D eigenvalue weighted by Gasteiger charge is 2.05. The van der Waals surface area contributed by atoms with Crippen molar-refractivity contribution in [3.63, 3.8) is 0 Å². The van der Waals surface area contributed by atoms with Crippen molar-refractivity contribution in [3.05, 3.63) is 65.5 Å². The summed E-state index contributed by atoms with van der Waals surface area (Å²) >= 11 is 0. The summed E-state index contributed by atoms with van der Waals surface area (Å²) < 4.78 is 0. The molecule has 2 rings (SSSR count). The van der Waals surface area contributed by atoms with Crippen LogP contribution in [0.25, 0.3) is 0 Å². The van der Waals surface area contributed by atoms with Gasteiger partial charge in [-0.1, -0.05) is 30.3 Å². The van der Waals surface area contributed by atoms with Gasteiger partial charge in [0, 0.05) is 30.9 Å². The van der Waals surface area contributed by atoms with E-state index in [1.165, 1.54) is 5.56 Å². The number of nitrogens with zero attached hydrogens (tertiary/aromatic N) is 1. The van der Waals surface area contributed by atoms with Crippen LogP contribution < -0.4 is 5.32 Å². The monoisotopic (exact) mass is 256 g/mol. The summed E-state index contributed by atoms with van der Waals surface area (Å²) in [4.78, 5) is 4.30. The van der Waals surface area contributed by atoms with Crippen molar-refractivity contribution in [2.75, 3.05) is 6.54 Å². The average Bonchev–Trinajstić information content (AvgIpc) is 2.48. The largest absolute Gasteiger partial charge is 0.392 e. The lowest BCUT2D eigenvalue weighted by atomic mass is 10.1. The van der Waals surface area contributed by atoms with Crippen LogP contribution in [-0.4, -0.2) is 16.6 Å². The van der Waals surface area contributed by atoms with Crippen molar-refractivity contribution in [1.29, 1.82) is 0 Å². The molecule has 0 bridgehead atoms. The first-order valence-electron chi connectivity index (χ1n) is 6.62. The van der Waals surface area contributed by atoms with Gasteiger partial charge in [0.25, 0.3) is 0 Å². The minimum absolute atomic E-state index is 0.0918. The predicted octanol–water partition coefficient (Wildman–Crippen LogP) is 2.47. The molecule has 1 atom stereocenters. The van der Waals surface area contributed by atoms with E-state index in [-0.39, 0.29) is 12.6 Å². The number of nitrogens with one attached hydrogen (secondary N) is 1. The Morgan fingerprint density at radius 3 is 2.84 bits per heavy atom. The standard InChI is InChI=1S/C16H20N2O/c1-13(15-6-4-5-14(11-15)12-19)17-10-8-16-7-2-3-9-18-16/h2-7,9,11,13,17,19H,8,10,12H2,1H3. The molecule has 2 N–H and O–H groups in total. The van der Waals surface area contributed by atoms with Gasteiger partial charge in [-0.3, -0.25) is 4.98 Å². The van der Waals surface area contributed by atoms with E-state index in [1.807, 2.05) is 42.6 Å². The van der Waals surface area contributed by atoms with Crippen LogP contribution in [0, 0.1) is 0 Å². The lowest BCUT2D eigenvalue weighted by Gasteiger charge is -2.14. The SMILES string of the molecule is CC(NCCc1ccccn1)c1cccc(CO)c1. The zero-order valence-corrected chi connectivity index (χ0v) is 11.2. The topological polar surface area (TPSA) is 45.2 Å². The average molecular weight is 256 g/mol. The molecule has 0 aliphatic carbocycles. The Morgan fingerprint density at radius 1 is 1.21 bits per heavy atom. The number of aliphatic hydroxyl groups is 1. The van der Waals surface area contributed by atoms with E-state index in [2.05, 4.69) is 23.3 Å². The van der Waals surface area contributed by atoms with E-state index in [1.54, 1.807) is 0 Å². The summed E-state index contributed by atoms with van der Waals surface area (Å²) in [5, 5.41) is 12.6. The van der Waals surface area contributed by atoms with Gasteiger partial charge in [-0.25, -0.2) is 0 Å². The molecule has 0 fully saturated rings. The van der Waals surface area contributed by atoms with Crippen molar-refractivity contribution >= 4 is 0 Å². The highest BCUT2D eigenvalue weighted by atomic mass is 16.3. The van der Waals surface area contributed by atoms with Crippen molar-refractivity contribution in [3.8, 4) is 0 Å². The highest BCUT2D eigenvalue weighted by molar-refractivity contribution is 5.25. The van der Waals surface area contributed by atoms with Gasteiger partial charge in [-0.2, -0.15) is 0 Å². The van der Waals surface area contributed by atoms with Crippen molar-refractivity contribution in [1.82, 2.24) is 10.3 Å². The second-order valence-electron chi connectivity index (χ2n) is 4.65. The second kappa shape index (κ2) is 7.02. The Morgan fingerprint density at radius 2 is 2.11 bits per heavy atom. The zero-order chi connectivity index (χ0) is 13.5. The summed E-state index contributed by atoms with van der Waals surface area (Å²) in [5.41, 5.74) is 3.26. The van der Waals surface area contributed by atoms with Gasteiger partial charge in [0.2, 0.25) is 0 Å². The van der Waals surface area contributed by atoms with Crippen LogP contribution >= 0.6 is 0 Å². The van der Waals surface area contributed by atoms with Gasteiger partial charge in [0.1, 0.15) is 0 Å². The van der Waals surface area contributed by atoms with E-state index in [0.29, 0.717) is 0 Å². The fraction of sp³-hybridized carbons (Fsp3) is 0.312. The van der Waals surface area contributed by atoms with Gasteiger partial charge in [-0.15, -0.1) is 0 Å². The van der Waals surface area contributed by atoms with E-state index in [9.17, 15) is 0 Å². The summed E-state index contributed by atoms with van der Waals surface area (Å²) in [6.07, 6.45) is 2.74. The first kappa shape index (κ1) is 13.7. The molecule has 1 aromatic carbocycles. The van der Waals surface area contributed by atoms with E-state index >= 15 is 0 Å². The van der Waals surface area contributed by atoms with Crippen LogP contribution in [-0.2, 0) is 13.0 Å². The summed E-state index contributed by atoms with van der Waals surface area (Å²) in [6, 6.07) is 14.3. The molecule has 0 aliphatic rings. The molecule has 0 amide bonds. The first-order chi connectivity index (χ1) is 9.29. The van der Waals surface area contributed by atoms with Crippen LogP contribution in [0.15, 0.2) is 48.7 Å². The molecule has 1 aromatic heterocycles. The Kier molecular flexibility index (Phi) is 5.07.